The molecule has 15 heavy (non-hydrogen) atoms. The van der Waals surface area contributed by atoms with Crippen LogP contribution in [0.5, 0.6) is 0 Å². The molecule has 0 saturated carbocycles. The van der Waals surface area contributed by atoms with Crippen LogP contribution in [0.2, 0.25) is 0 Å². The van der Waals surface area contributed by atoms with Gasteiger partial charge in [-0.2, -0.15) is 13.2 Å². The Morgan fingerprint density at radius 2 is 2.13 bits per heavy atom. The fourth-order valence-electron chi connectivity index (χ4n) is 1.44. The summed E-state index contributed by atoms with van der Waals surface area (Å²) in [6.07, 6.45) is -5.39. The fraction of sp³-hybridized carbons (Fsp3) is 0.750. The first kappa shape index (κ1) is 12.0. The highest BCUT2D eigenvalue weighted by atomic mass is 19.4. The third-order valence-corrected chi connectivity index (χ3v) is 1.99. The third kappa shape index (κ3) is 3.86. The number of carbonyl (C=O) groups is 2. The van der Waals surface area contributed by atoms with Crippen LogP contribution in [0.15, 0.2) is 0 Å². The molecule has 1 saturated heterocycles. The van der Waals surface area contributed by atoms with Gasteiger partial charge in [0.15, 0.2) is 0 Å². The molecule has 4 nitrogen and oxygen atoms in total. The lowest BCUT2D eigenvalue weighted by molar-refractivity contribution is -0.140. The predicted octanol–water partition coefficient (Wildman–Crippen LogP) is 0.332. The Hall–Kier alpha value is -1.11. The Bertz CT molecular complexity index is 278. The summed E-state index contributed by atoms with van der Waals surface area (Å²) in [7, 11) is 0. The predicted molar refractivity (Wildman–Crippen MR) is 44.8 cm³/mol. The van der Waals surface area contributed by atoms with Gasteiger partial charge in [0.2, 0.25) is 11.8 Å². The van der Waals surface area contributed by atoms with E-state index in [-0.39, 0.29) is 6.42 Å². The van der Waals surface area contributed by atoms with Crippen LogP contribution in [-0.2, 0) is 9.59 Å². The van der Waals surface area contributed by atoms with Crippen LogP contribution in [0.4, 0.5) is 13.2 Å². The van der Waals surface area contributed by atoms with Gasteiger partial charge < -0.3 is 5.32 Å². The summed E-state index contributed by atoms with van der Waals surface area (Å²) >= 11 is 0. The summed E-state index contributed by atoms with van der Waals surface area (Å²) in [6.45, 7) is 1.32. The maximum absolute atomic E-state index is 11.9. The molecule has 1 rings (SSSR count). The summed E-state index contributed by atoms with van der Waals surface area (Å²) in [6, 6.07) is -1.72. The second kappa shape index (κ2) is 4.18. The van der Waals surface area contributed by atoms with Crippen LogP contribution >= 0.6 is 0 Å². The van der Waals surface area contributed by atoms with Gasteiger partial charge in [-0.05, 0) is 6.92 Å². The number of alkyl halides is 3. The largest absolute Gasteiger partial charge is 0.390 e. The quantitative estimate of drug-likeness (QED) is 0.679. The molecule has 2 amide bonds. The van der Waals surface area contributed by atoms with Crippen molar-refractivity contribution in [3.8, 4) is 0 Å². The van der Waals surface area contributed by atoms with Crippen LogP contribution in [0.25, 0.3) is 0 Å². The van der Waals surface area contributed by atoms with Crippen molar-refractivity contribution in [2.45, 2.75) is 38.0 Å². The first-order chi connectivity index (χ1) is 6.78. The van der Waals surface area contributed by atoms with Crippen LogP contribution in [0.3, 0.4) is 0 Å². The minimum atomic E-state index is -4.27. The van der Waals surface area contributed by atoms with Crippen molar-refractivity contribution in [1.82, 2.24) is 10.6 Å². The molecule has 7 heteroatoms. The Morgan fingerprint density at radius 1 is 1.53 bits per heavy atom. The van der Waals surface area contributed by atoms with E-state index in [1.165, 1.54) is 6.92 Å². The highest BCUT2D eigenvalue weighted by Gasteiger charge is 2.35. The van der Waals surface area contributed by atoms with Crippen molar-refractivity contribution in [3.63, 3.8) is 0 Å². The van der Waals surface area contributed by atoms with Gasteiger partial charge >= 0.3 is 6.18 Å². The van der Waals surface area contributed by atoms with E-state index in [2.05, 4.69) is 5.32 Å². The lowest BCUT2D eigenvalue weighted by atomic mass is 10.1. The van der Waals surface area contributed by atoms with E-state index >= 15 is 0 Å². The average Bonchev–Trinajstić information content (AvgIpc) is 2.25. The second-order valence-electron chi connectivity index (χ2n) is 3.56. The monoisotopic (exact) mass is 224 g/mol. The van der Waals surface area contributed by atoms with Gasteiger partial charge in [-0.25, -0.2) is 0 Å². The first-order valence-electron chi connectivity index (χ1n) is 4.44. The third-order valence-electron chi connectivity index (χ3n) is 1.99. The molecule has 0 spiro atoms. The lowest BCUT2D eigenvalue weighted by Gasteiger charge is -2.18. The highest BCUT2D eigenvalue weighted by Crippen LogP contribution is 2.21. The molecule has 1 aliphatic rings. The molecule has 0 aliphatic carbocycles. The Kier molecular flexibility index (Phi) is 3.33. The van der Waals surface area contributed by atoms with Crippen molar-refractivity contribution in [2.75, 3.05) is 0 Å². The molecule has 2 N–H and O–H groups in total. The normalized spacial score (nSPS) is 24.1. The van der Waals surface area contributed by atoms with Crippen molar-refractivity contribution in [3.05, 3.63) is 0 Å². The molecule has 1 aliphatic heterocycles. The summed E-state index contributed by atoms with van der Waals surface area (Å²) in [5.41, 5.74) is 0. The van der Waals surface area contributed by atoms with E-state index in [1.54, 1.807) is 0 Å². The smallest absolute Gasteiger partial charge is 0.303 e. The molecule has 2 atom stereocenters. The number of nitrogens with one attached hydrogen (secondary N) is 2. The number of imide groups is 1. The van der Waals surface area contributed by atoms with E-state index < -0.39 is 36.5 Å². The van der Waals surface area contributed by atoms with E-state index in [4.69, 9.17) is 0 Å². The molecule has 86 valence electrons. The van der Waals surface area contributed by atoms with Crippen LogP contribution < -0.4 is 10.6 Å². The van der Waals surface area contributed by atoms with Gasteiger partial charge in [-0.3, -0.25) is 14.9 Å². The fourth-order valence-corrected chi connectivity index (χ4v) is 1.44. The van der Waals surface area contributed by atoms with E-state index in [0.717, 1.165) is 0 Å². The minimum Gasteiger partial charge on any atom is -0.303 e. The summed E-state index contributed by atoms with van der Waals surface area (Å²) in [4.78, 5) is 21.7. The molecular weight excluding hydrogens is 213 g/mol. The summed E-state index contributed by atoms with van der Waals surface area (Å²) in [5, 5.41) is 4.48. The van der Waals surface area contributed by atoms with Crippen molar-refractivity contribution >= 4 is 11.8 Å². The zero-order valence-electron chi connectivity index (χ0n) is 8.02. The standard InChI is InChI=1S/C8H11F3N2O2/c1-4(3-8(9,10)11)12-5-2-6(14)13-7(5)15/h4-5,12H,2-3H2,1H3,(H,13,14,15). The minimum absolute atomic E-state index is 0.0962. The van der Waals surface area contributed by atoms with Crippen molar-refractivity contribution in [1.29, 1.82) is 0 Å². The number of hydrogen-bond acceptors (Lipinski definition) is 3. The topological polar surface area (TPSA) is 58.2 Å². The summed E-state index contributed by atoms with van der Waals surface area (Å²) < 4.78 is 35.8. The first-order valence-corrected chi connectivity index (χ1v) is 4.44. The van der Waals surface area contributed by atoms with Gasteiger partial charge in [-0.15, -0.1) is 0 Å². The molecule has 1 heterocycles. The Balaban J connectivity index is 2.42. The van der Waals surface area contributed by atoms with Gasteiger partial charge in [-0.1, -0.05) is 0 Å². The number of rotatable bonds is 3. The molecule has 0 aromatic heterocycles. The average molecular weight is 224 g/mol. The molecule has 1 fully saturated rings. The zero-order chi connectivity index (χ0) is 11.6. The van der Waals surface area contributed by atoms with Crippen molar-refractivity contribution < 1.29 is 22.8 Å². The molecule has 0 bridgehead atoms. The van der Waals surface area contributed by atoms with Gasteiger partial charge in [0.1, 0.15) is 0 Å². The second-order valence-corrected chi connectivity index (χ2v) is 3.56. The highest BCUT2D eigenvalue weighted by molar-refractivity contribution is 6.05. The van der Waals surface area contributed by atoms with Crippen LogP contribution in [0, 0.1) is 0 Å². The maximum atomic E-state index is 11.9. The maximum Gasteiger partial charge on any atom is 0.390 e. The lowest BCUT2D eigenvalue weighted by Crippen LogP contribution is -2.43. The molecule has 2 unspecified atom stereocenters. The molecule has 0 radical (unpaired) electrons. The summed E-state index contributed by atoms with van der Waals surface area (Å²) in [5.74, 6) is -1.02. The molecule has 0 aromatic rings. The number of carbonyl (C=O) groups excluding carboxylic acids is 2. The Morgan fingerprint density at radius 3 is 2.53 bits per heavy atom. The van der Waals surface area contributed by atoms with Crippen molar-refractivity contribution in [2.24, 2.45) is 0 Å². The molecular formula is C8H11F3N2O2. The van der Waals surface area contributed by atoms with Gasteiger partial charge in [0.25, 0.3) is 0 Å². The Labute approximate surface area is 84.2 Å². The van der Waals surface area contributed by atoms with Crippen LogP contribution in [-0.4, -0.2) is 30.1 Å². The van der Waals surface area contributed by atoms with E-state index in [1.807, 2.05) is 5.32 Å². The number of hydrogen-bond donors (Lipinski definition) is 2. The van der Waals surface area contributed by atoms with E-state index in [9.17, 15) is 22.8 Å². The molecule has 0 aromatic carbocycles. The van der Waals surface area contributed by atoms with E-state index in [0.29, 0.717) is 0 Å². The van der Waals surface area contributed by atoms with Gasteiger partial charge in [0.05, 0.1) is 18.9 Å². The SMILES string of the molecule is CC(CC(F)(F)F)NC1CC(=O)NC1=O. The number of halogens is 3. The van der Waals surface area contributed by atoms with Gasteiger partial charge in [0, 0.05) is 6.04 Å². The van der Waals surface area contributed by atoms with Crippen LogP contribution in [0.1, 0.15) is 19.8 Å². The number of amides is 2. The zero-order valence-corrected chi connectivity index (χ0v) is 8.02.